The fourth-order valence-electron chi connectivity index (χ4n) is 2.73. The first kappa shape index (κ1) is 19.4. The zero-order chi connectivity index (χ0) is 19.8. The largest absolute Gasteiger partial charge is 0.496 e. The number of methoxy groups -OCH3 is 1. The number of hydrogen-bond donors (Lipinski definition) is 2. The minimum absolute atomic E-state index is 0.207. The van der Waals surface area contributed by atoms with Crippen LogP contribution in [-0.4, -0.2) is 29.5 Å². The van der Waals surface area contributed by atoms with Crippen molar-refractivity contribution in [3.63, 3.8) is 0 Å². The standard InChI is InChI=1S/C22H24N4O2/c1-3-13-23-22(27)18-14-20(24-15-17-11-7-8-12-19(17)28-2)26-21(25-18)16-9-5-4-6-10-16/h4-12,14H,3,13,15H2,1-2H3,(H,23,27)(H,24,25,26). The summed E-state index contributed by atoms with van der Waals surface area (Å²) in [6.45, 7) is 3.13. The van der Waals surface area contributed by atoms with Gasteiger partial charge in [-0.15, -0.1) is 0 Å². The van der Waals surface area contributed by atoms with E-state index in [0.717, 1.165) is 23.3 Å². The molecule has 3 aromatic rings. The molecule has 0 bridgehead atoms. The van der Waals surface area contributed by atoms with E-state index >= 15 is 0 Å². The SMILES string of the molecule is CCCNC(=O)c1cc(NCc2ccccc2OC)nc(-c2ccccc2)n1. The van der Waals surface area contributed by atoms with Gasteiger partial charge in [0.05, 0.1) is 7.11 Å². The number of para-hydroxylation sites is 1. The van der Waals surface area contributed by atoms with E-state index in [1.54, 1.807) is 13.2 Å². The van der Waals surface area contributed by atoms with E-state index in [2.05, 4.69) is 20.6 Å². The van der Waals surface area contributed by atoms with Crippen LogP contribution in [0, 0.1) is 0 Å². The second-order valence-electron chi connectivity index (χ2n) is 6.25. The number of carbonyl (C=O) groups excluding carboxylic acids is 1. The molecule has 1 aromatic heterocycles. The lowest BCUT2D eigenvalue weighted by molar-refractivity contribution is 0.0948. The number of aromatic nitrogens is 2. The Balaban J connectivity index is 1.89. The molecule has 2 N–H and O–H groups in total. The number of benzene rings is 2. The molecule has 3 rings (SSSR count). The van der Waals surface area contributed by atoms with Crippen molar-refractivity contribution < 1.29 is 9.53 Å². The predicted molar refractivity (Wildman–Crippen MR) is 110 cm³/mol. The third kappa shape index (κ3) is 4.85. The topological polar surface area (TPSA) is 76.1 Å². The average Bonchev–Trinajstić information content (AvgIpc) is 2.76. The second kappa shape index (κ2) is 9.50. The highest BCUT2D eigenvalue weighted by molar-refractivity contribution is 5.93. The number of anilines is 1. The van der Waals surface area contributed by atoms with Gasteiger partial charge in [0.15, 0.2) is 5.82 Å². The highest BCUT2D eigenvalue weighted by Crippen LogP contribution is 2.21. The zero-order valence-corrected chi connectivity index (χ0v) is 16.1. The van der Waals surface area contributed by atoms with Crippen LogP contribution in [0.4, 0.5) is 5.82 Å². The lowest BCUT2D eigenvalue weighted by Crippen LogP contribution is -2.25. The van der Waals surface area contributed by atoms with Crippen LogP contribution in [-0.2, 0) is 6.54 Å². The van der Waals surface area contributed by atoms with Gasteiger partial charge in [0.2, 0.25) is 0 Å². The van der Waals surface area contributed by atoms with E-state index in [1.807, 2.05) is 61.5 Å². The summed E-state index contributed by atoms with van der Waals surface area (Å²) in [6, 6.07) is 19.1. The molecule has 0 atom stereocenters. The highest BCUT2D eigenvalue weighted by Gasteiger charge is 2.13. The third-order valence-corrected chi connectivity index (χ3v) is 4.18. The maximum Gasteiger partial charge on any atom is 0.270 e. The summed E-state index contributed by atoms with van der Waals surface area (Å²) in [7, 11) is 1.65. The van der Waals surface area contributed by atoms with E-state index in [-0.39, 0.29) is 5.91 Å². The number of hydrogen-bond acceptors (Lipinski definition) is 5. The summed E-state index contributed by atoms with van der Waals surface area (Å²) in [5, 5.41) is 6.16. The molecule has 0 aliphatic heterocycles. The zero-order valence-electron chi connectivity index (χ0n) is 16.1. The van der Waals surface area contributed by atoms with Crippen LogP contribution in [0.15, 0.2) is 60.7 Å². The molecule has 0 radical (unpaired) electrons. The Labute approximate surface area is 165 Å². The molecule has 144 valence electrons. The van der Waals surface area contributed by atoms with Crippen molar-refractivity contribution in [3.8, 4) is 17.1 Å². The van der Waals surface area contributed by atoms with Crippen molar-refractivity contribution in [3.05, 3.63) is 71.9 Å². The first-order valence-electron chi connectivity index (χ1n) is 9.29. The van der Waals surface area contributed by atoms with Crippen LogP contribution < -0.4 is 15.4 Å². The molecule has 0 spiro atoms. The molecule has 28 heavy (non-hydrogen) atoms. The van der Waals surface area contributed by atoms with E-state index in [9.17, 15) is 4.79 Å². The fourth-order valence-corrected chi connectivity index (χ4v) is 2.73. The number of ether oxygens (including phenoxy) is 1. The summed E-state index contributed by atoms with van der Waals surface area (Å²) in [5.74, 6) is 1.68. The van der Waals surface area contributed by atoms with Gasteiger partial charge in [-0.05, 0) is 12.5 Å². The van der Waals surface area contributed by atoms with Crippen molar-refractivity contribution in [1.82, 2.24) is 15.3 Å². The second-order valence-corrected chi connectivity index (χ2v) is 6.25. The van der Waals surface area contributed by atoms with Gasteiger partial charge in [0.25, 0.3) is 5.91 Å². The van der Waals surface area contributed by atoms with Crippen LogP contribution in [0.25, 0.3) is 11.4 Å². The van der Waals surface area contributed by atoms with Crippen LogP contribution in [0.2, 0.25) is 0 Å². The number of rotatable bonds is 8. The lowest BCUT2D eigenvalue weighted by atomic mass is 10.2. The summed E-state index contributed by atoms with van der Waals surface area (Å²) < 4.78 is 5.40. The lowest BCUT2D eigenvalue weighted by Gasteiger charge is -2.12. The summed E-state index contributed by atoms with van der Waals surface area (Å²) in [5.41, 5.74) is 2.19. The number of amides is 1. The van der Waals surface area contributed by atoms with Crippen molar-refractivity contribution in [2.24, 2.45) is 0 Å². The molecule has 6 nitrogen and oxygen atoms in total. The van der Waals surface area contributed by atoms with Crippen LogP contribution >= 0.6 is 0 Å². The van der Waals surface area contributed by atoms with E-state index in [4.69, 9.17) is 4.74 Å². The number of nitrogens with one attached hydrogen (secondary N) is 2. The minimum atomic E-state index is -0.207. The van der Waals surface area contributed by atoms with Crippen molar-refractivity contribution >= 4 is 11.7 Å². The van der Waals surface area contributed by atoms with Crippen molar-refractivity contribution in [1.29, 1.82) is 0 Å². The summed E-state index contributed by atoms with van der Waals surface area (Å²) in [6.07, 6.45) is 0.862. The number of nitrogens with zero attached hydrogens (tertiary/aromatic N) is 2. The van der Waals surface area contributed by atoms with E-state index in [1.165, 1.54) is 0 Å². The molecular weight excluding hydrogens is 352 g/mol. The van der Waals surface area contributed by atoms with Gasteiger partial charge in [0.1, 0.15) is 17.3 Å². The van der Waals surface area contributed by atoms with Crippen LogP contribution in [0.3, 0.4) is 0 Å². The Kier molecular flexibility index (Phi) is 6.57. The third-order valence-electron chi connectivity index (χ3n) is 4.18. The average molecular weight is 376 g/mol. The predicted octanol–water partition coefficient (Wildman–Crippen LogP) is 3.90. The molecular formula is C22H24N4O2. The normalized spacial score (nSPS) is 10.4. The molecule has 2 aromatic carbocycles. The highest BCUT2D eigenvalue weighted by atomic mass is 16.5. The molecule has 0 fully saturated rings. The fraction of sp³-hybridized carbons (Fsp3) is 0.227. The molecule has 0 aliphatic rings. The molecule has 6 heteroatoms. The van der Waals surface area contributed by atoms with Gasteiger partial charge >= 0.3 is 0 Å². The molecule has 0 saturated heterocycles. The molecule has 0 aliphatic carbocycles. The van der Waals surface area contributed by atoms with E-state index in [0.29, 0.717) is 30.4 Å². The van der Waals surface area contributed by atoms with Gasteiger partial charge in [-0.3, -0.25) is 4.79 Å². The monoisotopic (exact) mass is 376 g/mol. The molecule has 1 amide bonds. The first-order chi connectivity index (χ1) is 13.7. The smallest absolute Gasteiger partial charge is 0.270 e. The van der Waals surface area contributed by atoms with Crippen molar-refractivity contribution in [2.45, 2.75) is 19.9 Å². The minimum Gasteiger partial charge on any atom is -0.496 e. The maximum absolute atomic E-state index is 12.5. The Morgan fingerprint density at radius 1 is 1.04 bits per heavy atom. The molecule has 1 heterocycles. The summed E-state index contributed by atoms with van der Waals surface area (Å²) in [4.78, 5) is 21.5. The van der Waals surface area contributed by atoms with Gasteiger partial charge < -0.3 is 15.4 Å². The van der Waals surface area contributed by atoms with Gasteiger partial charge in [0, 0.05) is 30.3 Å². The van der Waals surface area contributed by atoms with Crippen LogP contribution in [0.5, 0.6) is 5.75 Å². The quantitative estimate of drug-likeness (QED) is 0.623. The number of carbonyl (C=O) groups is 1. The Morgan fingerprint density at radius 3 is 2.54 bits per heavy atom. The Hall–Kier alpha value is -3.41. The molecule has 0 unspecified atom stereocenters. The van der Waals surface area contributed by atoms with Gasteiger partial charge in [-0.2, -0.15) is 0 Å². The van der Waals surface area contributed by atoms with Crippen molar-refractivity contribution in [2.75, 3.05) is 19.0 Å². The van der Waals surface area contributed by atoms with Crippen LogP contribution in [0.1, 0.15) is 29.4 Å². The van der Waals surface area contributed by atoms with Gasteiger partial charge in [-0.1, -0.05) is 55.5 Å². The Morgan fingerprint density at radius 2 is 1.79 bits per heavy atom. The molecule has 0 saturated carbocycles. The Bertz CT molecular complexity index is 929. The van der Waals surface area contributed by atoms with Gasteiger partial charge in [-0.25, -0.2) is 9.97 Å². The van der Waals surface area contributed by atoms with E-state index < -0.39 is 0 Å². The summed E-state index contributed by atoms with van der Waals surface area (Å²) >= 11 is 0. The first-order valence-corrected chi connectivity index (χ1v) is 9.29. The maximum atomic E-state index is 12.5.